The van der Waals surface area contributed by atoms with E-state index in [0.717, 1.165) is 22.7 Å². The number of carbonyl (C=O) groups is 2. The largest absolute Gasteiger partial charge is 0.354 e. The van der Waals surface area contributed by atoms with Crippen molar-refractivity contribution in [3.8, 4) is 0 Å². The lowest BCUT2D eigenvalue weighted by Crippen LogP contribution is -2.51. The van der Waals surface area contributed by atoms with Gasteiger partial charge in [-0.2, -0.15) is 0 Å². The fourth-order valence-electron chi connectivity index (χ4n) is 3.90. The van der Waals surface area contributed by atoms with Gasteiger partial charge in [0, 0.05) is 23.1 Å². The minimum atomic E-state index is -4.14. The van der Waals surface area contributed by atoms with Gasteiger partial charge in [-0.05, 0) is 68.3 Å². The first-order valence-electron chi connectivity index (χ1n) is 12.7. The zero-order valence-corrected chi connectivity index (χ0v) is 24.6. The van der Waals surface area contributed by atoms with Gasteiger partial charge in [-0.1, -0.05) is 72.4 Å². The van der Waals surface area contributed by atoms with Gasteiger partial charge >= 0.3 is 0 Å². The summed E-state index contributed by atoms with van der Waals surface area (Å²) in [6.45, 7) is 5.47. The Kier molecular flexibility index (Phi) is 10.8. The first-order chi connectivity index (χ1) is 18.5. The van der Waals surface area contributed by atoms with Crippen molar-refractivity contribution >= 4 is 50.7 Å². The third kappa shape index (κ3) is 7.97. The van der Waals surface area contributed by atoms with E-state index >= 15 is 0 Å². The summed E-state index contributed by atoms with van der Waals surface area (Å²) in [5, 5.41) is 3.73. The van der Waals surface area contributed by atoms with E-state index in [-0.39, 0.29) is 23.0 Å². The van der Waals surface area contributed by atoms with E-state index in [1.165, 1.54) is 17.0 Å². The highest BCUT2D eigenvalue weighted by atomic mass is 35.5. The van der Waals surface area contributed by atoms with E-state index in [1.54, 1.807) is 67.6 Å². The van der Waals surface area contributed by atoms with Gasteiger partial charge < -0.3 is 10.2 Å². The second-order valence-electron chi connectivity index (χ2n) is 9.23. The van der Waals surface area contributed by atoms with E-state index in [4.69, 9.17) is 23.2 Å². The summed E-state index contributed by atoms with van der Waals surface area (Å²) in [5.41, 5.74) is 1.81. The Hall–Kier alpha value is -3.07. The van der Waals surface area contributed by atoms with Crippen molar-refractivity contribution < 1.29 is 18.0 Å². The second kappa shape index (κ2) is 13.8. The molecule has 1 N–H and O–H groups in total. The Morgan fingerprint density at radius 2 is 1.59 bits per heavy atom. The first kappa shape index (κ1) is 30.5. The second-order valence-corrected chi connectivity index (χ2v) is 11.9. The normalized spacial score (nSPS) is 12.0. The van der Waals surface area contributed by atoms with Gasteiger partial charge in [0.25, 0.3) is 10.0 Å². The van der Waals surface area contributed by atoms with Crippen LogP contribution >= 0.6 is 23.2 Å². The highest BCUT2D eigenvalue weighted by Gasteiger charge is 2.32. The first-order valence-corrected chi connectivity index (χ1v) is 14.9. The molecule has 10 heteroatoms. The number of halogens is 2. The van der Waals surface area contributed by atoms with E-state index in [2.05, 4.69) is 5.32 Å². The van der Waals surface area contributed by atoms with Crippen LogP contribution in [-0.4, -0.2) is 44.3 Å². The quantitative estimate of drug-likeness (QED) is 0.269. The van der Waals surface area contributed by atoms with Crippen LogP contribution < -0.4 is 9.62 Å². The Labute approximate surface area is 240 Å². The highest BCUT2D eigenvalue weighted by molar-refractivity contribution is 7.92. The topological polar surface area (TPSA) is 86.8 Å². The van der Waals surface area contributed by atoms with Gasteiger partial charge in [0.15, 0.2) is 0 Å². The summed E-state index contributed by atoms with van der Waals surface area (Å²) in [7, 11) is -4.14. The van der Waals surface area contributed by atoms with Crippen molar-refractivity contribution in [1.29, 1.82) is 0 Å². The van der Waals surface area contributed by atoms with Crippen molar-refractivity contribution in [3.05, 3.63) is 94.0 Å². The number of amides is 2. The molecule has 3 aromatic carbocycles. The van der Waals surface area contributed by atoms with Crippen LogP contribution in [0.3, 0.4) is 0 Å². The highest BCUT2D eigenvalue weighted by Crippen LogP contribution is 2.27. The molecule has 0 aliphatic carbocycles. The number of anilines is 1. The fraction of sp³-hybridized carbons (Fsp3) is 0.310. The molecule has 3 rings (SSSR count). The number of rotatable bonds is 12. The molecule has 0 bridgehead atoms. The fourth-order valence-corrected chi connectivity index (χ4v) is 5.64. The number of unbranched alkanes of at least 4 members (excludes halogenated alkanes) is 1. The molecule has 39 heavy (non-hydrogen) atoms. The van der Waals surface area contributed by atoms with Crippen molar-refractivity contribution in [1.82, 2.24) is 10.2 Å². The number of hydrogen-bond acceptors (Lipinski definition) is 4. The summed E-state index contributed by atoms with van der Waals surface area (Å²) < 4.78 is 28.6. The lowest BCUT2D eigenvalue weighted by molar-refractivity contribution is -0.139. The molecule has 0 heterocycles. The number of nitrogens with one attached hydrogen (secondary N) is 1. The van der Waals surface area contributed by atoms with E-state index in [9.17, 15) is 18.0 Å². The third-order valence-corrected chi connectivity index (χ3v) is 8.71. The molecule has 0 radical (unpaired) electrons. The molecule has 0 saturated carbocycles. The number of aryl methyl sites for hydroxylation is 1. The predicted octanol–water partition coefficient (Wildman–Crippen LogP) is 5.83. The van der Waals surface area contributed by atoms with Gasteiger partial charge in [-0.15, -0.1) is 0 Å². The van der Waals surface area contributed by atoms with Crippen LogP contribution in [0.5, 0.6) is 0 Å². The molecule has 0 aliphatic rings. The van der Waals surface area contributed by atoms with Crippen LogP contribution in [0.15, 0.2) is 77.7 Å². The molecular formula is C29H33Cl2N3O4S. The third-order valence-electron chi connectivity index (χ3n) is 6.30. The number of benzene rings is 3. The molecule has 7 nitrogen and oxygen atoms in total. The average molecular weight is 591 g/mol. The van der Waals surface area contributed by atoms with E-state index in [0.29, 0.717) is 22.2 Å². The monoisotopic (exact) mass is 589 g/mol. The van der Waals surface area contributed by atoms with Crippen LogP contribution in [0, 0.1) is 6.92 Å². The molecule has 0 saturated heterocycles. The van der Waals surface area contributed by atoms with E-state index in [1.807, 2.05) is 13.8 Å². The molecule has 208 valence electrons. The molecule has 3 aromatic rings. The predicted molar refractivity (Wildman–Crippen MR) is 157 cm³/mol. The van der Waals surface area contributed by atoms with Gasteiger partial charge in [-0.3, -0.25) is 13.9 Å². The number of sulfonamides is 1. The summed E-state index contributed by atoms with van der Waals surface area (Å²) in [4.78, 5) is 28.3. The maximum atomic E-state index is 13.9. The van der Waals surface area contributed by atoms with Crippen molar-refractivity contribution in [2.24, 2.45) is 0 Å². The van der Waals surface area contributed by atoms with Gasteiger partial charge in [-0.25, -0.2) is 8.42 Å². The Bertz CT molecular complexity index is 1380. The molecule has 1 atom stereocenters. The van der Waals surface area contributed by atoms with Crippen molar-refractivity contribution in [2.75, 3.05) is 17.4 Å². The number of carbonyl (C=O) groups excluding carboxylic acids is 2. The van der Waals surface area contributed by atoms with E-state index < -0.39 is 28.5 Å². The van der Waals surface area contributed by atoms with Crippen LogP contribution in [0.1, 0.15) is 37.8 Å². The molecule has 2 amide bonds. The lowest BCUT2D eigenvalue weighted by Gasteiger charge is -2.32. The number of hydrogen-bond donors (Lipinski definition) is 1. The van der Waals surface area contributed by atoms with Crippen LogP contribution in [0.4, 0.5) is 5.69 Å². The zero-order chi connectivity index (χ0) is 28.6. The maximum Gasteiger partial charge on any atom is 0.264 e. The summed E-state index contributed by atoms with van der Waals surface area (Å²) >= 11 is 12.4. The Morgan fingerprint density at radius 3 is 2.21 bits per heavy atom. The van der Waals surface area contributed by atoms with Gasteiger partial charge in [0.2, 0.25) is 11.8 Å². The molecule has 0 spiro atoms. The molecular weight excluding hydrogens is 557 g/mol. The smallest absolute Gasteiger partial charge is 0.264 e. The standard InChI is InChI=1S/C29H33Cl2N3O4S/c1-4-5-18-32-29(36)22(3)33(19-23-8-6-7-9-27(23)31)28(35)20-34(25-14-12-24(30)13-15-25)39(37,38)26-16-10-21(2)11-17-26/h6-17,22H,4-5,18-20H2,1-3H3,(H,32,36). The Balaban J connectivity index is 2.00. The average Bonchev–Trinajstić information content (AvgIpc) is 2.91. The number of nitrogens with zero attached hydrogens (tertiary/aromatic N) is 2. The van der Waals surface area contributed by atoms with Crippen molar-refractivity contribution in [2.45, 2.75) is 51.1 Å². The Morgan fingerprint density at radius 1 is 0.949 bits per heavy atom. The van der Waals surface area contributed by atoms with Gasteiger partial charge in [0.05, 0.1) is 10.6 Å². The lowest BCUT2D eigenvalue weighted by atomic mass is 10.1. The van der Waals surface area contributed by atoms with Crippen LogP contribution in [-0.2, 0) is 26.2 Å². The van der Waals surface area contributed by atoms with Gasteiger partial charge in [0.1, 0.15) is 12.6 Å². The zero-order valence-electron chi connectivity index (χ0n) is 22.2. The SMILES string of the molecule is CCCCNC(=O)C(C)N(Cc1ccccc1Cl)C(=O)CN(c1ccc(Cl)cc1)S(=O)(=O)c1ccc(C)cc1. The maximum absolute atomic E-state index is 13.9. The van der Waals surface area contributed by atoms with Crippen LogP contribution in [0.25, 0.3) is 0 Å². The van der Waals surface area contributed by atoms with Crippen LogP contribution in [0.2, 0.25) is 10.0 Å². The minimum absolute atomic E-state index is 0.0277. The molecule has 0 aromatic heterocycles. The summed E-state index contributed by atoms with van der Waals surface area (Å²) in [6.07, 6.45) is 1.71. The van der Waals surface area contributed by atoms with Crippen molar-refractivity contribution in [3.63, 3.8) is 0 Å². The summed E-state index contributed by atoms with van der Waals surface area (Å²) in [5.74, 6) is -0.887. The molecule has 0 aliphatic heterocycles. The molecule has 1 unspecified atom stereocenters. The minimum Gasteiger partial charge on any atom is -0.354 e. The molecule has 0 fully saturated rings. The summed E-state index contributed by atoms with van der Waals surface area (Å²) in [6, 6.07) is 18.8.